The summed E-state index contributed by atoms with van der Waals surface area (Å²) >= 11 is 0. The molecule has 108 valence electrons. The van der Waals surface area contributed by atoms with Crippen LogP contribution in [-0.4, -0.2) is 59.3 Å². The van der Waals surface area contributed by atoms with Crippen LogP contribution >= 0.6 is 0 Å². The van der Waals surface area contributed by atoms with Crippen LogP contribution in [0.25, 0.3) is 0 Å². The van der Waals surface area contributed by atoms with Gasteiger partial charge in [0, 0.05) is 52.5 Å². The highest BCUT2D eigenvalue weighted by Gasteiger charge is 2.33. The smallest absolute Gasteiger partial charge is 0.243 e. The lowest BCUT2D eigenvalue weighted by molar-refractivity contribution is -0.142. The molecule has 0 aromatic carbocycles. The molecule has 1 aromatic rings. The van der Waals surface area contributed by atoms with Crippen molar-refractivity contribution >= 4 is 11.8 Å². The van der Waals surface area contributed by atoms with Crippen molar-refractivity contribution in [2.45, 2.75) is 19.5 Å². The van der Waals surface area contributed by atoms with E-state index in [-0.39, 0.29) is 11.8 Å². The van der Waals surface area contributed by atoms with E-state index in [1.54, 1.807) is 24.3 Å². The fraction of sp³-hybridized carbons (Fsp3) is 0.500. The second kappa shape index (κ2) is 6.47. The highest BCUT2D eigenvalue weighted by molar-refractivity contribution is 5.87. The van der Waals surface area contributed by atoms with Crippen molar-refractivity contribution in [2.75, 3.05) is 26.7 Å². The second-order valence-electron chi connectivity index (χ2n) is 4.93. The molecule has 1 atom stereocenters. The lowest BCUT2D eigenvalue weighted by atomic mass is 10.1. The molecule has 1 unspecified atom stereocenters. The molecule has 1 fully saturated rings. The van der Waals surface area contributed by atoms with Crippen LogP contribution in [-0.2, 0) is 16.1 Å². The number of nitrogens with one attached hydrogen (secondary N) is 1. The van der Waals surface area contributed by atoms with E-state index < -0.39 is 6.04 Å². The van der Waals surface area contributed by atoms with Crippen LogP contribution in [0.4, 0.5) is 0 Å². The molecule has 0 radical (unpaired) electrons. The van der Waals surface area contributed by atoms with Crippen molar-refractivity contribution in [3.05, 3.63) is 30.1 Å². The summed E-state index contributed by atoms with van der Waals surface area (Å²) in [6.45, 7) is 4.19. The summed E-state index contributed by atoms with van der Waals surface area (Å²) in [6.07, 6.45) is 3.52. The number of aromatic nitrogens is 1. The van der Waals surface area contributed by atoms with Gasteiger partial charge >= 0.3 is 0 Å². The van der Waals surface area contributed by atoms with Gasteiger partial charge in [0.05, 0.1) is 0 Å². The van der Waals surface area contributed by atoms with E-state index in [1.165, 1.54) is 6.92 Å². The Hall–Kier alpha value is -1.95. The molecule has 1 aliphatic rings. The first kappa shape index (κ1) is 14.5. The Morgan fingerprint density at radius 3 is 2.65 bits per heavy atom. The molecular formula is C14H20N4O2. The zero-order valence-corrected chi connectivity index (χ0v) is 11.9. The van der Waals surface area contributed by atoms with Crippen LogP contribution < -0.4 is 5.32 Å². The molecule has 1 aromatic heterocycles. The molecule has 1 N–H and O–H groups in total. The van der Waals surface area contributed by atoms with Gasteiger partial charge in [0.15, 0.2) is 0 Å². The third kappa shape index (κ3) is 3.33. The summed E-state index contributed by atoms with van der Waals surface area (Å²) in [6, 6.07) is 3.52. The van der Waals surface area contributed by atoms with Crippen LogP contribution in [0.1, 0.15) is 12.5 Å². The monoisotopic (exact) mass is 276 g/mol. The van der Waals surface area contributed by atoms with Gasteiger partial charge in [-0.25, -0.2) is 0 Å². The van der Waals surface area contributed by atoms with Gasteiger partial charge in [-0.1, -0.05) is 0 Å². The van der Waals surface area contributed by atoms with Gasteiger partial charge in [0.25, 0.3) is 0 Å². The Balaban J connectivity index is 2.05. The first-order valence-corrected chi connectivity index (χ1v) is 6.72. The number of likely N-dealkylation sites (N-methyl/N-ethyl adjacent to an activating group) is 1. The second-order valence-corrected chi connectivity index (χ2v) is 4.93. The lowest BCUT2D eigenvalue weighted by Gasteiger charge is -2.40. The molecule has 0 aliphatic carbocycles. The van der Waals surface area contributed by atoms with E-state index in [4.69, 9.17) is 0 Å². The topological polar surface area (TPSA) is 65.5 Å². The minimum atomic E-state index is -0.409. The quantitative estimate of drug-likeness (QED) is 0.834. The molecule has 2 heterocycles. The first-order valence-electron chi connectivity index (χ1n) is 6.72. The number of carbonyl (C=O) groups excluding carboxylic acids is 2. The summed E-state index contributed by atoms with van der Waals surface area (Å²) in [5, 5.41) is 2.63. The molecular weight excluding hydrogens is 256 g/mol. The first-order chi connectivity index (χ1) is 9.61. The summed E-state index contributed by atoms with van der Waals surface area (Å²) in [7, 11) is 1.60. The number of piperazine rings is 1. The van der Waals surface area contributed by atoms with Crippen LogP contribution in [0.2, 0.25) is 0 Å². The van der Waals surface area contributed by atoms with Gasteiger partial charge in [0.1, 0.15) is 6.04 Å². The number of rotatable bonds is 3. The average molecular weight is 276 g/mol. The van der Waals surface area contributed by atoms with Gasteiger partial charge in [-0.2, -0.15) is 0 Å². The molecule has 0 bridgehead atoms. The fourth-order valence-corrected chi connectivity index (χ4v) is 2.50. The fourth-order valence-electron chi connectivity index (χ4n) is 2.50. The van der Waals surface area contributed by atoms with Crippen molar-refractivity contribution in [1.29, 1.82) is 0 Å². The molecule has 1 saturated heterocycles. The van der Waals surface area contributed by atoms with Crippen LogP contribution in [0, 0.1) is 0 Å². The van der Waals surface area contributed by atoms with E-state index in [0.717, 1.165) is 18.7 Å². The number of amides is 2. The SMILES string of the molecule is CNC(=O)C1CN(Cc2ccncc2)CCN1C(C)=O. The number of hydrogen-bond acceptors (Lipinski definition) is 4. The van der Waals surface area contributed by atoms with Crippen molar-refractivity contribution in [1.82, 2.24) is 20.1 Å². The Morgan fingerprint density at radius 1 is 1.35 bits per heavy atom. The highest BCUT2D eigenvalue weighted by atomic mass is 16.2. The zero-order valence-electron chi connectivity index (χ0n) is 11.9. The van der Waals surface area contributed by atoms with Crippen LogP contribution in [0.15, 0.2) is 24.5 Å². The largest absolute Gasteiger partial charge is 0.357 e. The van der Waals surface area contributed by atoms with Crippen LogP contribution in [0.5, 0.6) is 0 Å². The zero-order chi connectivity index (χ0) is 14.5. The number of nitrogens with zero attached hydrogens (tertiary/aromatic N) is 3. The van der Waals surface area contributed by atoms with Crippen molar-refractivity contribution in [2.24, 2.45) is 0 Å². The maximum Gasteiger partial charge on any atom is 0.243 e. The summed E-state index contributed by atoms with van der Waals surface area (Å²) in [5.41, 5.74) is 1.16. The van der Waals surface area contributed by atoms with Gasteiger partial charge in [-0.3, -0.25) is 19.5 Å². The predicted molar refractivity (Wildman–Crippen MR) is 74.8 cm³/mol. The molecule has 1 aliphatic heterocycles. The van der Waals surface area contributed by atoms with Crippen molar-refractivity contribution in [3.8, 4) is 0 Å². The molecule has 2 rings (SSSR count). The number of pyridine rings is 1. The standard InChI is InChI=1S/C14H20N4O2/c1-11(19)18-8-7-17(10-13(18)14(20)15-2)9-12-3-5-16-6-4-12/h3-6,13H,7-10H2,1-2H3,(H,15,20). The van der Waals surface area contributed by atoms with Gasteiger partial charge < -0.3 is 10.2 Å². The minimum absolute atomic E-state index is 0.0536. The Kier molecular flexibility index (Phi) is 4.68. The molecule has 20 heavy (non-hydrogen) atoms. The van der Waals surface area contributed by atoms with E-state index >= 15 is 0 Å². The van der Waals surface area contributed by atoms with E-state index in [9.17, 15) is 9.59 Å². The number of hydrogen-bond donors (Lipinski definition) is 1. The van der Waals surface area contributed by atoms with Gasteiger partial charge in [-0.15, -0.1) is 0 Å². The third-order valence-electron chi connectivity index (χ3n) is 3.57. The van der Waals surface area contributed by atoms with Crippen LogP contribution in [0.3, 0.4) is 0 Å². The summed E-state index contributed by atoms with van der Waals surface area (Å²) in [5.74, 6) is -0.165. The van der Waals surface area contributed by atoms with E-state index in [0.29, 0.717) is 13.1 Å². The minimum Gasteiger partial charge on any atom is -0.357 e. The molecule has 2 amide bonds. The Morgan fingerprint density at radius 2 is 2.05 bits per heavy atom. The third-order valence-corrected chi connectivity index (χ3v) is 3.57. The van der Waals surface area contributed by atoms with Crippen molar-refractivity contribution < 1.29 is 9.59 Å². The maximum absolute atomic E-state index is 11.9. The number of carbonyl (C=O) groups is 2. The normalized spacial score (nSPS) is 19.7. The van der Waals surface area contributed by atoms with E-state index in [1.807, 2.05) is 12.1 Å². The molecule has 6 nitrogen and oxygen atoms in total. The maximum atomic E-state index is 11.9. The average Bonchev–Trinajstić information content (AvgIpc) is 2.47. The predicted octanol–water partition coefficient (Wildman–Crippen LogP) is -0.140. The molecule has 6 heteroatoms. The Labute approximate surface area is 118 Å². The summed E-state index contributed by atoms with van der Waals surface area (Å²) < 4.78 is 0. The molecule has 0 saturated carbocycles. The summed E-state index contributed by atoms with van der Waals surface area (Å²) in [4.78, 5) is 31.4. The van der Waals surface area contributed by atoms with Gasteiger partial charge in [-0.05, 0) is 17.7 Å². The Bertz CT molecular complexity index is 477. The van der Waals surface area contributed by atoms with E-state index in [2.05, 4.69) is 15.2 Å². The van der Waals surface area contributed by atoms with Gasteiger partial charge in [0.2, 0.25) is 11.8 Å². The van der Waals surface area contributed by atoms with Crippen molar-refractivity contribution in [3.63, 3.8) is 0 Å². The highest BCUT2D eigenvalue weighted by Crippen LogP contribution is 2.13. The lowest BCUT2D eigenvalue weighted by Crippen LogP contribution is -2.59. The molecule has 0 spiro atoms.